The SMILES string of the molecule is CC(C)(C)C(=O)n1nc(-c2cc(=O)n(CC(=O)c3cncs3)cc2C(=O)O)cc1NCc1ccc(Cl)s1. The fraction of sp³-hybridized carbons (Fsp3) is 0.250. The van der Waals surface area contributed by atoms with Crippen LogP contribution in [0.3, 0.4) is 0 Å². The highest BCUT2D eigenvalue weighted by atomic mass is 35.5. The smallest absolute Gasteiger partial charge is 0.337 e. The van der Waals surface area contributed by atoms with E-state index in [1.165, 1.54) is 33.8 Å². The van der Waals surface area contributed by atoms with Gasteiger partial charge in [-0.25, -0.2) is 4.79 Å². The number of carbonyl (C=O) groups is 3. The van der Waals surface area contributed by atoms with E-state index in [4.69, 9.17) is 11.6 Å². The highest BCUT2D eigenvalue weighted by molar-refractivity contribution is 7.16. The van der Waals surface area contributed by atoms with Crippen molar-refractivity contribution >= 4 is 57.8 Å². The van der Waals surface area contributed by atoms with Gasteiger partial charge >= 0.3 is 5.97 Å². The maximum absolute atomic E-state index is 13.1. The fourth-order valence-corrected chi connectivity index (χ4v) is 4.98. The van der Waals surface area contributed by atoms with Crippen LogP contribution in [0.5, 0.6) is 0 Å². The first-order valence-electron chi connectivity index (χ1n) is 11.0. The Bertz CT molecular complexity index is 1550. The van der Waals surface area contributed by atoms with Crippen LogP contribution in [0.1, 0.15) is 50.5 Å². The van der Waals surface area contributed by atoms with Crippen molar-refractivity contribution < 1.29 is 19.5 Å². The summed E-state index contributed by atoms with van der Waals surface area (Å²) >= 11 is 8.52. The molecule has 4 rings (SSSR count). The predicted octanol–water partition coefficient (Wildman–Crippen LogP) is 4.76. The molecule has 0 fully saturated rings. The molecule has 0 unspecified atom stereocenters. The standard InChI is InChI=1S/C24H22ClN5O5S2/c1-24(2,3)23(35)30-20(27-8-13-4-5-19(25)37-13)7-16(28-30)14-6-21(32)29(10-15(14)22(33)34)11-17(31)18-9-26-12-36-18/h4-7,9-10,12,27H,8,11H2,1-3H3,(H,33,34). The van der Waals surface area contributed by atoms with Crippen molar-refractivity contribution in [1.82, 2.24) is 19.3 Å². The molecule has 0 amide bonds. The summed E-state index contributed by atoms with van der Waals surface area (Å²) in [6, 6.07) is 6.25. The number of nitrogens with zero attached hydrogens (tertiary/aromatic N) is 4. The summed E-state index contributed by atoms with van der Waals surface area (Å²) in [4.78, 5) is 55.7. The number of thiazole rings is 1. The van der Waals surface area contributed by atoms with Gasteiger partial charge in [-0.15, -0.1) is 22.7 Å². The lowest BCUT2D eigenvalue weighted by atomic mass is 9.96. The van der Waals surface area contributed by atoms with E-state index in [0.717, 1.165) is 33.0 Å². The van der Waals surface area contributed by atoms with Gasteiger partial charge in [0.15, 0.2) is 5.78 Å². The third-order valence-corrected chi connectivity index (χ3v) is 7.31. The molecule has 37 heavy (non-hydrogen) atoms. The van der Waals surface area contributed by atoms with Crippen LogP contribution < -0.4 is 10.9 Å². The lowest BCUT2D eigenvalue weighted by Gasteiger charge is -2.18. The van der Waals surface area contributed by atoms with E-state index in [0.29, 0.717) is 21.6 Å². The van der Waals surface area contributed by atoms with Crippen molar-refractivity contribution in [3.05, 3.63) is 72.2 Å². The number of anilines is 1. The number of carboxylic acids is 1. The normalized spacial score (nSPS) is 11.5. The van der Waals surface area contributed by atoms with Crippen LogP contribution in [0.4, 0.5) is 5.82 Å². The molecule has 0 bridgehead atoms. The molecule has 4 heterocycles. The van der Waals surface area contributed by atoms with E-state index < -0.39 is 16.9 Å². The van der Waals surface area contributed by atoms with Gasteiger partial charge in [0.1, 0.15) is 5.82 Å². The van der Waals surface area contributed by atoms with Crippen molar-refractivity contribution in [2.75, 3.05) is 5.32 Å². The molecule has 0 aliphatic carbocycles. The molecule has 0 saturated heterocycles. The number of ketones is 1. The van der Waals surface area contributed by atoms with Crippen molar-refractivity contribution in [3.8, 4) is 11.3 Å². The zero-order valence-corrected chi connectivity index (χ0v) is 22.4. The topological polar surface area (TPSA) is 136 Å². The van der Waals surface area contributed by atoms with Gasteiger partial charge in [0, 0.05) is 40.4 Å². The Morgan fingerprint density at radius 2 is 1.95 bits per heavy atom. The lowest BCUT2D eigenvalue weighted by molar-refractivity contribution is 0.0695. The molecule has 0 atom stereocenters. The Kier molecular flexibility index (Phi) is 7.44. The zero-order valence-electron chi connectivity index (χ0n) is 20.0. The second-order valence-corrected chi connectivity index (χ2v) is 11.8. The van der Waals surface area contributed by atoms with Gasteiger partial charge in [-0.2, -0.15) is 9.78 Å². The molecule has 192 valence electrons. The highest BCUT2D eigenvalue weighted by Gasteiger charge is 2.28. The number of Topliss-reactive ketones (excluding diaryl/α,β-unsaturated/α-hetero) is 1. The van der Waals surface area contributed by atoms with Gasteiger partial charge < -0.3 is 15.0 Å². The van der Waals surface area contributed by atoms with Gasteiger partial charge in [0.25, 0.3) is 11.5 Å². The van der Waals surface area contributed by atoms with Crippen molar-refractivity contribution in [2.24, 2.45) is 5.41 Å². The van der Waals surface area contributed by atoms with Gasteiger partial charge in [-0.1, -0.05) is 32.4 Å². The van der Waals surface area contributed by atoms with E-state index in [2.05, 4.69) is 15.4 Å². The molecule has 13 heteroatoms. The van der Waals surface area contributed by atoms with Crippen LogP contribution >= 0.6 is 34.3 Å². The zero-order chi connectivity index (χ0) is 26.9. The Labute approximate surface area is 224 Å². The Morgan fingerprint density at radius 3 is 2.54 bits per heavy atom. The van der Waals surface area contributed by atoms with E-state index in [-0.39, 0.29) is 35.1 Å². The molecule has 0 aliphatic heterocycles. The minimum Gasteiger partial charge on any atom is -0.478 e. The van der Waals surface area contributed by atoms with Crippen LogP contribution in [-0.2, 0) is 13.1 Å². The van der Waals surface area contributed by atoms with Gasteiger partial charge in [-0.3, -0.25) is 19.4 Å². The van der Waals surface area contributed by atoms with Crippen molar-refractivity contribution in [1.29, 1.82) is 0 Å². The molecule has 10 nitrogen and oxygen atoms in total. The first-order chi connectivity index (χ1) is 17.4. The summed E-state index contributed by atoms with van der Waals surface area (Å²) in [7, 11) is 0. The Balaban J connectivity index is 1.75. The lowest BCUT2D eigenvalue weighted by Crippen LogP contribution is -2.29. The summed E-state index contributed by atoms with van der Waals surface area (Å²) in [5.74, 6) is -1.67. The predicted molar refractivity (Wildman–Crippen MR) is 142 cm³/mol. The number of pyridine rings is 1. The molecule has 0 spiro atoms. The minimum atomic E-state index is -1.31. The second kappa shape index (κ2) is 10.4. The number of hydrogen-bond donors (Lipinski definition) is 2. The number of rotatable bonds is 8. The van der Waals surface area contributed by atoms with Crippen LogP contribution in [0.25, 0.3) is 11.3 Å². The molecular formula is C24H22ClN5O5S2. The summed E-state index contributed by atoms with van der Waals surface area (Å²) in [5, 5.41) is 17.4. The largest absolute Gasteiger partial charge is 0.478 e. The molecular weight excluding hydrogens is 538 g/mol. The molecule has 0 radical (unpaired) electrons. The molecule has 0 saturated carbocycles. The van der Waals surface area contributed by atoms with Crippen LogP contribution in [-0.4, -0.2) is 42.1 Å². The second-order valence-electron chi connectivity index (χ2n) is 9.10. The fourth-order valence-electron chi connectivity index (χ4n) is 3.40. The number of halogens is 1. The summed E-state index contributed by atoms with van der Waals surface area (Å²) < 4.78 is 2.83. The maximum atomic E-state index is 13.1. The van der Waals surface area contributed by atoms with Crippen LogP contribution in [0.15, 0.2) is 47.0 Å². The number of aromatic nitrogens is 4. The van der Waals surface area contributed by atoms with Gasteiger partial charge in [0.05, 0.1) is 39.1 Å². The Morgan fingerprint density at radius 1 is 1.19 bits per heavy atom. The number of hydrogen-bond acceptors (Lipinski definition) is 9. The molecule has 4 aromatic heterocycles. The third kappa shape index (κ3) is 5.87. The van der Waals surface area contributed by atoms with Gasteiger partial charge in [0.2, 0.25) is 0 Å². The van der Waals surface area contributed by atoms with Crippen molar-refractivity contribution in [2.45, 2.75) is 33.9 Å². The van der Waals surface area contributed by atoms with E-state index in [1.54, 1.807) is 26.8 Å². The molecule has 2 N–H and O–H groups in total. The average Bonchev–Trinajstić information content (AvgIpc) is 3.58. The summed E-state index contributed by atoms with van der Waals surface area (Å²) in [6.07, 6.45) is 2.51. The number of nitrogens with one attached hydrogen (secondary N) is 1. The van der Waals surface area contributed by atoms with E-state index >= 15 is 0 Å². The first kappa shape index (κ1) is 26.5. The number of thiophene rings is 1. The minimum absolute atomic E-state index is 0.0293. The van der Waals surface area contributed by atoms with Gasteiger partial charge in [-0.05, 0) is 12.1 Å². The highest BCUT2D eigenvalue weighted by Crippen LogP contribution is 2.29. The third-order valence-electron chi connectivity index (χ3n) is 5.27. The van der Waals surface area contributed by atoms with E-state index in [9.17, 15) is 24.3 Å². The molecule has 4 aromatic rings. The van der Waals surface area contributed by atoms with E-state index in [1.807, 2.05) is 6.07 Å². The monoisotopic (exact) mass is 559 g/mol. The van der Waals surface area contributed by atoms with Crippen LogP contribution in [0.2, 0.25) is 4.34 Å². The molecule has 0 aromatic carbocycles. The Hall–Kier alpha value is -3.61. The maximum Gasteiger partial charge on any atom is 0.337 e. The number of carboxylic acid groups (broad SMARTS) is 1. The van der Waals surface area contributed by atoms with Crippen LogP contribution in [0, 0.1) is 5.41 Å². The quantitative estimate of drug-likeness (QED) is 0.295. The summed E-state index contributed by atoms with van der Waals surface area (Å²) in [6.45, 7) is 5.23. The number of carbonyl (C=O) groups excluding carboxylic acids is 2. The molecule has 0 aliphatic rings. The first-order valence-corrected chi connectivity index (χ1v) is 13.0. The van der Waals surface area contributed by atoms with Crippen molar-refractivity contribution in [3.63, 3.8) is 0 Å². The summed E-state index contributed by atoms with van der Waals surface area (Å²) in [5.41, 5.74) is 0.0392. The average molecular weight is 560 g/mol. The number of aromatic carboxylic acids is 1.